The third-order valence-corrected chi connectivity index (χ3v) is 4.04. The third-order valence-electron chi connectivity index (χ3n) is 4.04. The molecule has 1 aromatic rings. The molecule has 0 spiro atoms. The van der Waals surface area contributed by atoms with Gasteiger partial charge in [-0.15, -0.1) is 0 Å². The predicted octanol–water partition coefficient (Wildman–Crippen LogP) is 2.88. The van der Waals surface area contributed by atoms with Crippen molar-refractivity contribution < 1.29 is 9.63 Å². The Kier molecular flexibility index (Phi) is 5.38. The van der Waals surface area contributed by atoms with Crippen LogP contribution in [0.1, 0.15) is 71.5 Å². The summed E-state index contributed by atoms with van der Waals surface area (Å²) in [4.78, 5) is 6.84. The second-order valence-corrected chi connectivity index (χ2v) is 7.34. The lowest BCUT2D eigenvalue weighted by Crippen LogP contribution is -2.40. The number of rotatable bonds is 5. The maximum Gasteiger partial charge on any atom is 0.232 e. The van der Waals surface area contributed by atoms with Crippen LogP contribution in [0.4, 0.5) is 0 Å². The molecule has 1 saturated carbocycles. The van der Waals surface area contributed by atoms with Crippen molar-refractivity contribution in [1.29, 1.82) is 0 Å². The highest BCUT2D eigenvalue weighted by molar-refractivity contribution is 4.98. The number of aromatic nitrogens is 2. The van der Waals surface area contributed by atoms with E-state index < -0.39 is 0 Å². The van der Waals surface area contributed by atoms with Crippen LogP contribution in [0.5, 0.6) is 0 Å². The normalized spacial score (nSPS) is 19.1. The Bertz CT molecular complexity index is 431. The molecule has 1 heterocycles. The maximum absolute atomic E-state index is 9.76. The topological polar surface area (TPSA) is 62.4 Å². The van der Waals surface area contributed by atoms with Gasteiger partial charge in [-0.05, 0) is 19.8 Å². The SMILES string of the molecule is CC(O)CN(Cc1noc(C(C)(C)C)n1)C1CCCCC1. The minimum absolute atomic E-state index is 0.120. The number of hydrogen-bond donors (Lipinski definition) is 1. The van der Waals surface area contributed by atoms with Crippen LogP contribution in [0.2, 0.25) is 0 Å². The zero-order valence-corrected chi connectivity index (χ0v) is 13.8. The molecule has 0 bridgehead atoms. The maximum atomic E-state index is 9.76. The number of aliphatic hydroxyl groups is 1. The first-order valence-electron chi connectivity index (χ1n) is 8.11. The molecule has 1 aliphatic rings. The largest absolute Gasteiger partial charge is 0.392 e. The summed E-state index contributed by atoms with van der Waals surface area (Å²) in [6.45, 7) is 9.38. The molecule has 0 aromatic carbocycles. The highest BCUT2D eigenvalue weighted by Crippen LogP contribution is 2.25. The summed E-state index contributed by atoms with van der Waals surface area (Å²) < 4.78 is 5.37. The molecule has 120 valence electrons. The van der Waals surface area contributed by atoms with Gasteiger partial charge in [0.2, 0.25) is 5.89 Å². The first-order valence-corrected chi connectivity index (χ1v) is 8.11. The van der Waals surface area contributed by atoms with Crippen LogP contribution in [0.3, 0.4) is 0 Å². The van der Waals surface area contributed by atoms with Crippen LogP contribution in [0, 0.1) is 0 Å². The van der Waals surface area contributed by atoms with E-state index in [1.54, 1.807) is 0 Å². The average molecular weight is 295 g/mol. The molecule has 1 N–H and O–H groups in total. The molecule has 1 fully saturated rings. The summed E-state index contributed by atoms with van der Waals surface area (Å²) in [6.07, 6.45) is 5.96. The van der Waals surface area contributed by atoms with Gasteiger partial charge in [-0.25, -0.2) is 0 Å². The molecule has 1 aromatic heterocycles. The van der Waals surface area contributed by atoms with Gasteiger partial charge < -0.3 is 9.63 Å². The standard InChI is InChI=1S/C16H29N3O2/c1-12(20)10-19(13-8-6-5-7-9-13)11-14-17-15(21-18-14)16(2,3)4/h12-13,20H,5-11H2,1-4H3. The van der Waals surface area contributed by atoms with Crippen molar-refractivity contribution in [2.75, 3.05) is 6.54 Å². The molecule has 1 aliphatic carbocycles. The molecule has 21 heavy (non-hydrogen) atoms. The molecule has 0 radical (unpaired) electrons. The van der Waals surface area contributed by atoms with Gasteiger partial charge in [0.15, 0.2) is 5.82 Å². The molecule has 5 heteroatoms. The second-order valence-electron chi connectivity index (χ2n) is 7.34. The van der Waals surface area contributed by atoms with Crippen LogP contribution in [0.15, 0.2) is 4.52 Å². The van der Waals surface area contributed by atoms with Gasteiger partial charge in [0.05, 0.1) is 12.6 Å². The first-order chi connectivity index (χ1) is 9.86. The van der Waals surface area contributed by atoms with Gasteiger partial charge in [-0.3, -0.25) is 4.90 Å². The Balaban J connectivity index is 2.05. The van der Waals surface area contributed by atoms with Crippen LogP contribution in [-0.4, -0.2) is 38.8 Å². The molecule has 2 rings (SSSR count). The Morgan fingerprint density at radius 1 is 1.29 bits per heavy atom. The summed E-state index contributed by atoms with van der Waals surface area (Å²) in [5, 5.41) is 13.9. The molecule has 0 saturated heterocycles. The van der Waals surface area contributed by atoms with Crippen LogP contribution >= 0.6 is 0 Å². The molecule has 5 nitrogen and oxygen atoms in total. The smallest absolute Gasteiger partial charge is 0.232 e. The Hall–Kier alpha value is -0.940. The van der Waals surface area contributed by atoms with E-state index in [9.17, 15) is 5.11 Å². The second kappa shape index (κ2) is 6.88. The first kappa shape index (κ1) is 16.4. The minimum Gasteiger partial charge on any atom is -0.392 e. The molecule has 1 unspecified atom stereocenters. The van der Waals surface area contributed by atoms with Gasteiger partial charge in [0.1, 0.15) is 0 Å². The van der Waals surface area contributed by atoms with Crippen molar-refractivity contribution in [1.82, 2.24) is 15.0 Å². The monoisotopic (exact) mass is 295 g/mol. The van der Waals surface area contributed by atoms with E-state index in [1.165, 1.54) is 32.1 Å². The molecular formula is C16H29N3O2. The highest BCUT2D eigenvalue weighted by Gasteiger charge is 2.26. The summed E-state index contributed by atoms with van der Waals surface area (Å²) in [5.74, 6) is 1.41. The van der Waals surface area contributed by atoms with Crippen molar-refractivity contribution in [3.8, 4) is 0 Å². The van der Waals surface area contributed by atoms with Crippen molar-refractivity contribution >= 4 is 0 Å². The van der Waals surface area contributed by atoms with Crippen LogP contribution in [-0.2, 0) is 12.0 Å². The van der Waals surface area contributed by atoms with Gasteiger partial charge in [0, 0.05) is 18.0 Å². The van der Waals surface area contributed by atoms with E-state index in [-0.39, 0.29) is 11.5 Å². The minimum atomic E-state index is -0.332. The zero-order valence-electron chi connectivity index (χ0n) is 13.8. The lowest BCUT2D eigenvalue weighted by molar-refractivity contribution is 0.0744. The zero-order chi connectivity index (χ0) is 15.5. The molecule has 0 amide bonds. The average Bonchev–Trinajstić information content (AvgIpc) is 2.87. The Morgan fingerprint density at radius 3 is 2.48 bits per heavy atom. The fourth-order valence-corrected chi connectivity index (χ4v) is 2.93. The van der Waals surface area contributed by atoms with Crippen molar-refractivity contribution in [2.24, 2.45) is 0 Å². The van der Waals surface area contributed by atoms with E-state index in [4.69, 9.17) is 4.52 Å². The van der Waals surface area contributed by atoms with Gasteiger partial charge in [-0.2, -0.15) is 4.98 Å². The van der Waals surface area contributed by atoms with Crippen molar-refractivity contribution in [2.45, 2.75) is 83.9 Å². The van der Waals surface area contributed by atoms with Gasteiger partial charge in [0.25, 0.3) is 0 Å². The van der Waals surface area contributed by atoms with Gasteiger partial charge in [-0.1, -0.05) is 45.2 Å². The number of aliphatic hydroxyl groups excluding tert-OH is 1. The van der Waals surface area contributed by atoms with Crippen LogP contribution < -0.4 is 0 Å². The molecule has 1 atom stereocenters. The summed E-state index contributed by atoms with van der Waals surface area (Å²) in [6, 6.07) is 0.532. The summed E-state index contributed by atoms with van der Waals surface area (Å²) >= 11 is 0. The number of hydrogen-bond acceptors (Lipinski definition) is 5. The van der Waals surface area contributed by atoms with E-state index in [0.29, 0.717) is 25.0 Å². The van der Waals surface area contributed by atoms with Crippen molar-refractivity contribution in [3.05, 3.63) is 11.7 Å². The molecule has 0 aliphatic heterocycles. The lowest BCUT2D eigenvalue weighted by atomic mass is 9.94. The van der Waals surface area contributed by atoms with Gasteiger partial charge >= 0.3 is 0 Å². The van der Waals surface area contributed by atoms with E-state index >= 15 is 0 Å². The fourth-order valence-electron chi connectivity index (χ4n) is 2.93. The Morgan fingerprint density at radius 2 is 1.95 bits per heavy atom. The lowest BCUT2D eigenvalue weighted by Gasteiger charge is -2.34. The third kappa shape index (κ3) is 4.78. The number of nitrogens with zero attached hydrogens (tertiary/aromatic N) is 3. The van der Waals surface area contributed by atoms with E-state index in [0.717, 1.165) is 5.82 Å². The highest BCUT2D eigenvalue weighted by atomic mass is 16.5. The van der Waals surface area contributed by atoms with Crippen molar-refractivity contribution in [3.63, 3.8) is 0 Å². The predicted molar refractivity (Wildman–Crippen MR) is 82.0 cm³/mol. The quantitative estimate of drug-likeness (QED) is 0.905. The van der Waals surface area contributed by atoms with E-state index in [1.807, 2.05) is 6.92 Å². The van der Waals surface area contributed by atoms with Crippen LogP contribution in [0.25, 0.3) is 0 Å². The van der Waals surface area contributed by atoms with E-state index in [2.05, 4.69) is 35.8 Å². The summed E-state index contributed by atoms with van der Waals surface area (Å²) in [7, 11) is 0. The summed E-state index contributed by atoms with van der Waals surface area (Å²) in [5.41, 5.74) is -0.120. The molecular weight excluding hydrogens is 266 g/mol. The fraction of sp³-hybridized carbons (Fsp3) is 0.875. The Labute approximate surface area is 127 Å².